The number of hydrogen-bond donors (Lipinski definition) is 3. The molecule has 1 heterocycles. The van der Waals surface area contributed by atoms with Crippen molar-refractivity contribution in [3.05, 3.63) is 33.6 Å². The predicted molar refractivity (Wildman–Crippen MR) is 92.2 cm³/mol. The van der Waals surface area contributed by atoms with Crippen molar-refractivity contribution in [1.82, 2.24) is 9.87 Å². The molecule has 0 aliphatic heterocycles. The lowest BCUT2D eigenvalue weighted by atomic mass is 10.2. The minimum Gasteiger partial charge on any atom is -0.321 e. The first kappa shape index (κ1) is 20.1. The van der Waals surface area contributed by atoms with E-state index in [1.165, 1.54) is 17.0 Å². The normalized spacial score (nSPS) is 12.6. The number of pyridine rings is 1. The Bertz CT molecular complexity index is 995. The number of nitrogens with one attached hydrogen (secondary N) is 2. The van der Waals surface area contributed by atoms with Crippen LogP contribution in [0.15, 0.2) is 27.9 Å². The lowest BCUT2D eigenvalue weighted by molar-refractivity contribution is 0.229. The molecule has 0 spiro atoms. The third kappa shape index (κ3) is 3.95. The number of rotatable bonds is 7. The van der Waals surface area contributed by atoms with Crippen molar-refractivity contribution >= 4 is 45.4 Å². The molecule has 2 aromatic rings. The number of aromatic nitrogens is 1. The zero-order valence-corrected chi connectivity index (χ0v) is 15.7. The number of sulfonamides is 1. The molecule has 2 rings (SSSR count). The van der Waals surface area contributed by atoms with Gasteiger partial charge in [0.2, 0.25) is 0 Å². The van der Waals surface area contributed by atoms with Crippen molar-refractivity contribution in [2.45, 2.75) is 18.7 Å². The molecule has 1 aromatic heterocycles. The number of H-pyrrole nitrogens is 1. The van der Waals surface area contributed by atoms with Gasteiger partial charge in [-0.05, 0) is 32.0 Å². The van der Waals surface area contributed by atoms with Crippen LogP contribution in [0.5, 0.6) is 0 Å². The molecule has 0 unspecified atom stereocenters. The molecule has 0 atom stereocenters. The molecule has 0 saturated carbocycles. The third-order valence-electron chi connectivity index (χ3n) is 3.18. The maximum Gasteiger partial charge on any atom is 0.366 e. The van der Waals surface area contributed by atoms with Gasteiger partial charge < -0.3 is 19.2 Å². The van der Waals surface area contributed by atoms with Gasteiger partial charge in [0.25, 0.3) is 15.6 Å². The number of aromatic amines is 1. The molecule has 9 nitrogen and oxygen atoms in total. The number of fused-ring (bicyclic) bond motifs is 1. The van der Waals surface area contributed by atoms with Gasteiger partial charge in [-0.1, -0.05) is 16.5 Å². The van der Waals surface area contributed by atoms with Crippen molar-refractivity contribution in [3.63, 3.8) is 0 Å². The predicted octanol–water partition coefficient (Wildman–Crippen LogP) is 1.74. The fourth-order valence-electron chi connectivity index (χ4n) is 2.17. The maximum absolute atomic E-state index is 12.8. The summed E-state index contributed by atoms with van der Waals surface area (Å²) in [7, 11) is -8.13. The molecule has 0 bridgehead atoms. The second-order valence-electron chi connectivity index (χ2n) is 4.78. The Balaban J connectivity index is 2.77. The Kier molecular flexibility index (Phi) is 6.05. The molecule has 0 fully saturated rings. The third-order valence-corrected chi connectivity index (χ3v) is 6.88. The van der Waals surface area contributed by atoms with Gasteiger partial charge >= 0.3 is 7.60 Å². The zero-order valence-electron chi connectivity index (χ0n) is 13.3. The maximum atomic E-state index is 12.8. The molecular formula is C13H16ClN2O7PS. The highest BCUT2D eigenvalue weighted by Crippen LogP contribution is 2.46. The van der Waals surface area contributed by atoms with Crippen molar-refractivity contribution in [1.29, 1.82) is 0 Å². The van der Waals surface area contributed by atoms with Crippen LogP contribution in [0, 0.1) is 0 Å². The van der Waals surface area contributed by atoms with Crippen LogP contribution in [0.3, 0.4) is 0 Å². The molecule has 138 valence electrons. The van der Waals surface area contributed by atoms with Gasteiger partial charge in [0.1, 0.15) is 10.2 Å². The fraction of sp³-hybridized carbons (Fsp3) is 0.308. The van der Waals surface area contributed by atoms with E-state index in [4.69, 9.17) is 25.9 Å². The summed E-state index contributed by atoms with van der Waals surface area (Å²) in [6, 6.07) is 3.55. The Morgan fingerprint density at radius 3 is 2.36 bits per heavy atom. The summed E-state index contributed by atoms with van der Waals surface area (Å²) in [5.41, 5.74) is -0.486. The van der Waals surface area contributed by atoms with Crippen molar-refractivity contribution in [2.24, 2.45) is 0 Å². The molecule has 0 aliphatic carbocycles. The lowest BCUT2D eigenvalue weighted by Gasteiger charge is -2.17. The lowest BCUT2D eigenvalue weighted by Crippen LogP contribution is -2.29. The second kappa shape index (κ2) is 7.55. The van der Waals surface area contributed by atoms with E-state index < -0.39 is 28.1 Å². The summed E-state index contributed by atoms with van der Waals surface area (Å²) in [6.45, 7) is 3.28. The Labute approximate surface area is 148 Å². The monoisotopic (exact) mass is 410 g/mol. The van der Waals surface area contributed by atoms with E-state index in [1.807, 2.05) is 0 Å². The first-order valence-corrected chi connectivity index (χ1v) is 10.5. The van der Waals surface area contributed by atoms with Crippen LogP contribution in [0.2, 0.25) is 5.02 Å². The Morgan fingerprint density at radius 2 is 1.84 bits per heavy atom. The van der Waals surface area contributed by atoms with Gasteiger partial charge in [-0.3, -0.25) is 9.36 Å². The minimum atomic E-state index is -4.25. The molecule has 0 saturated heterocycles. The van der Waals surface area contributed by atoms with Crippen LogP contribution in [0.4, 0.5) is 0 Å². The van der Waals surface area contributed by atoms with Gasteiger partial charge in [0, 0.05) is 10.9 Å². The van der Waals surface area contributed by atoms with Crippen LogP contribution in [-0.2, 0) is 23.6 Å². The molecule has 0 radical (unpaired) electrons. The highest BCUT2D eigenvalue weighted by Gasteiger charge is 2.31. The van der Waals surface area contributed by atoms with E-state index in [9.17, 15) is 17.8 Å². The Hall–Kier alpha value is -1.26. The zero-order chi connectivity index (χ0) is 18.8. The van der Waals surface area contributed by atoms with Crippen molar-refractivity contribution in [2.75, 3.05) is 13.2 Å². The summed E-state index contributed by atoms with van der Waals surface area (Å²) in [6.07, 6.45) is 0. The van der Waals surface area contributed by atoms with E-state index in [0.717, 1.165) is 6.07 Å². The quantitative estimate of drug-likeness (QED) is 0.467. The molecule has 12 heteroatoms. The van der Waals surface area contributed by atoms with Crippen molar-refractivity contribution in [3.8, 4) is 0 Å². The average molecular weight is 411 g/mol. The van der Waals surface area contributed by atoms with Crippen LogP contribution in [0.1, 0.15) is 13.8 Å². The second-order valence-corrected chi connectivity index (χ2v) is 8.81. The van der Waals surface area contributed by atoms with Gasteiger partial charge in [-0.25, -0.2) is 8.42 Å². The fourth-order valence-corrected chi connectivity index (χ4v) is 4.97. The molecule has 3 N–H and O–H groups in total. The van der Waals surface area contributed by atoms with E-state index >= 15 is 0 Å². The molecule has 1 aromatic carbocycles. The molecule has 25 heavy (non-hydrogen) atoms. The average Bonchev–Trinajstić information content (AvgIpc) is 2.54. The topological polar surface area (TPSA) is 135 Å². The smallest absolute Gasteiger partial charge is 0.321 e. The number of halogens is 1. The summed E-state index contributed by atoms with van der Waals surface area (Å²) >= 11 is 5.89. The largest absolute Gasteiger partial charge is 0.366 e. The molecule has 0 aliphatic rings. The van der Waals surface area contributed by atoms with E-state index in [0.29, 0.717) is 0 Å². The van der Waals surface area contributed by atoms with Crippen LogP contribution in [-0.4, -0.2) is 31.8 Å². The van der Waals surface area contributed by atoms with Crippen LogP contribution in [0.25, 0.3) is 10.9 Å². The standard InChI is InChI=1S/C13H16ClN2O7PS/c1-3-22-24(19,23-4-2)11-5-8-6-12(25(20,21)16-18)9(14)7-10(8)15-13(11)17/h5-7,16,18H,3-4H2,1-2H3,(H,15,17). The van der Waals surface area contributed by atoms with E-state index in [-0.39, 0.29) is 34.4 Å². The summed E-state index contributed by atoms with van der Waals surface area (Å²) in [5, 5.41) is 8.52. The van der Waals surface area contributed by atoms with Crippen molar-refractivity contribution < 1.29 is 27.2 Å². The van der Waals surface area contributed by atoms with Gasteiger partial charge in [-0.15, -0.1) is 0 Å². The van der Waals surface area contributed by atoms with Crippen LogP contribution >= 0.6 is 19.2 Å². The minimum absolute atomic E-state index is 0.0451. The highest BCUT2D eigenvalue weighted by molar-refractivity contribution is 7.89. The summed E-state index contributed by atoms with van der Waals surface area (Å²) < 4.78 is 46.7. The Morgan fingerprint density at radius 1 is 1.24 bits per heavy atom. The highest BCUT2D eigenvalue weighted by atomic mass is 35.5. The van der Waals surface area contributed by atoms with Gasteiger partial charge in [0.15, 0.2) is 0 Å². The first-order valence-electron chi connectivity index (χ1n) is 7.10. The summed E-state index contributed by atoms with van der Waals surface area (Å²) in [5.74, 6) is 0. The molecular weight excluding hydrogens is 395 g/mol. The van der Waals surface area contributed by atoms with E-state index in [2.05, 4.69) is 4.98 Å². The van der Waals surface area contributed by atoms with Crippen LogP contribution < -0.4 is 15.7 Å². The summed E-state index contributed by atoms with van der Waals surface area (Å²) in [4.78, 5) is 15.5. The first-order chi connectivity index (χ1) is 11.7. The number of benzene rings is 1. The SMILES string of the molecule is CCOP(=O)(OCC)c1cc2cc(S(=O)(=O)NO)c(Cl)cc2[nH]c1=O. The molecule has 0 amide bonds. The van der Waals surface area contributed by atoms with Gasteiger partial charge in [-0.2, -0.15) is 0 Å². The van der Waals surface area contributed by atoms with Gasteiger partial charge in [0.05, 0.1) is 18.2 Å². The number of hydrogen-bond acceptors (Lipinski definition) is 7. The van der Waals surface area contributed by atoms with E-state index in [1.54, 1.807) is 13.8 Å².